The molecule has 1 fully saturated rings. The van der Waals surface area contributed by atoms with E-state index in [9.17, 15) is 4.79 Å². The number of nitrogens with one attached hydrogen (secondary N) is 1. The van der Waals surface area contributed by atoms with Gasteiger partial charge in [-0.1, -0.05) is 55.5 Å². The Balaban J connectivity index is 1.90. The largest absolute Gasteiger partial charge is 0.366 e. The molecule has 23 heavy (non-hydrogen) atoms. The van der Waals surface area contributed by atoms with Crippen LogP contribution >= 0.6 is 11.6 Å². The second-order valence-electron chi connectivity index (χ2n) is 5.76. The molecule has 1 N–H and O–H groups in total. The van der Waals surface area contributed by atoms with E-state index in [2.05, 4.69) is 40.1 Å². The van der Waals surface area contributed by atoms with E-state index in [0.29, 0.717) is 11.6 Å². The van der Waals surface area contributed by atoms with Crippen molar-refractivity contribution in [3.05, 3.63) is 58.5 Å². The van der Waals surface area contributed by atoms with Gasteiger partial charge in [0.2, 0.25) is 0 Å². The van der Waals surface area contributed by atoms with Gasteiger partial charge in [0, 0.05) is 32.7 Å². The number of hydrogen-bond acceptors (Lipinski definition) is 4. The van der Waals surface area contributed by atoms with Gasteiger partial charge in [0.15, 0.2) is 0 Å². The van der Waals surface area contributed by atoms with Gasteiger partial charge in [-0.3, -0.25) is 9.69 Å². The third-order valence-electron chi connectivity index (χ3n) is 4.10. The van der Waals surface area contributed by atoms with Crippen LogP contribution in [0.15, 0.2) is 48.0 Å². The molecule has 6 heteroatoms. The molecule has 2 heterocycles. The van der Waals surface area contributed by atoms with Crippen LogP contribution in [0.5, 0.6) is 0 Å². The smallest absolute Gasteiger partial charge is 0.285 e. The van der Waals surface area contributed by atoms with E-state index in [1.807, 2.05) is 12.2 Å². The van der Waals surface area contributed by atoms with Gasteiger partial charge in [-0.15, -0.1) is 0 Å². The first-order valence-corrected chi connectivity index (χ1v) is 8.09. The van der Waals surface area contributed by atoms with Crippen LogP contribution in [0, 0.1) is 5.92 Å². The molecular formula is C17H23ClN4O. The fourth-order valence-corrected chi connectivity index (χ4v) is 2.84. The van der Waals surface area contributed by atoms with E-state index in [1.54, 1.807) is 12.3 Å². The molecule has 1 atom stereocenters. The number of halogens is 1. The van der Waals surface area contributed by atoms with Crippen molar-refractivity contribution in [2.45, 2.75) is 6.92 Å². The van der Waals surface area contributed by atoms with E-state index in [4.69, 9.17) is 11.6 Å². The minimum atomic E-state index is -0.342. The molecule has 0 aromatic carbocycles. The highest BCUT2D eigenvalue weighted by Gasteiger charge is 2.21. The summed E-state index contributed by atoms with van der Waals surface area (Å²) in [5, 5.41) is 6.39. The number of hydrogen-bond donors (Lipinski definition) is 1. The van der Waals surface area contributed by atoms with E-state index >= 15 is 0 Å². The van der Waals surface area contributed by atoms with Gasteiger partial charge in [0.25, 0.3) is 5.56 Å². The molecule has 2 rings (SSSR count). The van der Waals surface area contributed by atoms with Gasteiger partial charge >= 0.3 is 0 Å². The molecule has 1 aromatic rings. The number of anilines is 1. The molecule has 1 aromatic heterocycles. The monoisotopic (exact) mass is 334 g/mol. The van der Waals surface area contributed by atoms with Crippen molar-refractivity contribution in [2.75, 3.05) is 37.6 Å². The number of aromatic amines is 1. The maximum atomic E-state index is 11.5. The molecule has 0 radical (unpaired) electrons. The first-order valence-electron chi connectivity index (χ1n) is 7.71. The molecule has 0 saturated carbocycles. The lowest BCUT2D eigenvalue weighted by Gasteiger charge is -2.37. The van der Waals surface area contributed by atoms with Crippen molar-refractivity contribution in [1.29, 1.82) is 0 Å². The summed E-state index contributed by atoms with van der Waals surface area (Å²) in [6, 6.07) is 0. The van der Waals surface area contributed by atoms with Gasteiger partial charge in [0.05, 0.1) is 11.9 Å². The second kappa shape index (κ2) is 8.13. The third kappa shape index (κ3) is 4.56. The molecule has 0 unspecified atom stereocenters. The Hall–Kier alpha value is -1.85. The van der Waals surface area contributed by atoms with Gasteiger partial charge in [-0.2, -0.15) is 5.10 Å². The average molecular weight is 335 g/mol. The van der Waals surface area contributed by atoms with Gasteiger partial charge in [-0.05, 0) is 5.92 Å². The van der Waals surface area contributed by atoms with Gasteiger partial charge in [-0.25, -0.2) is 5.10 Å². The number of rotatable bonds is 6. The molecule has 0 bridgehead atoms. The molecule has 5 nitrogen and oxygen atoms in total. The van der Waals surface area contributed by atoms with Gasteiger partial charge < -0.3 is 4.90 Å². The first kappa shape index (κ1) is 17.5. The number of nitrogens with zero attached hydrogens (tertiary/aromatic N) is 3. The minimum absolute atomic E-state index is 0.213. The zero-order valence-electron chi connectivity index (χ0n) is 13.5. The summed E-state index contributed by atoms with van der Waals surface area (Å²) < 4.78 is 0. The number of aromatic nitrogens is 2. The van der Waals surface area contributed by atoms with Crippen molar-refractivity contribution in [2.24, 2.45) is 5.92 Å². The van der Waals surface area contributed by atoms with E-state index in [0.717, 1.165) is 38.3 Å². The predicted molar refractivity (Wildman–Crippen MR) is 96.2 cm³/mol. The molecule has 124 valence electrons. The van der Waals surface area contributed by atoms with Crippen molar-refractivity contribution < 1.29 is 0 Å². The van der Waals surface area contributed by atoms with Gasteiger partial charge in [0.1, 0.15) is 5.02 Å². The topological polar surface area (TPSA) is 52.2 Å². The van der Waals surface area contributed by atoms with Crippen LogP contribution in [0.3, 0.4) is 0 Å². The Kier molecular flexibility index (Phi) is 6.19. The third-order valence-corrected chi connectivity index (χ3v) is 4.47. The maximum absolute atomic E-state index is 11.5. The van der Waals surface area contributed by atoms with Crippen LogP contribution < -0.4 is 10.5 Å². The number of piperazine rings is 1. The summed E-state index contributed by atoms with van der Waals surface area (Å²) in [7, 11) is 0. The zero-order chi connectivity index (χ0) is 16.8. The molecule has 1 aliphatic rings. The van der Waals surface area contributed by atoms with Crippen molar-refractivity contribution >= 4 is 17.3 Å². The number of allylic oxidation sites excluding steroid dienone is 3. The zero-order valence-corrected chi connectivity index (χ0v) is 14.2. The summed E-state index contributed by atoms with van der Waals surface area (Å²) in [6.07, 6.45) is 7.30. The maximum Gasteiger partial charge on any atom is 0.285 e. The Bertz CT molecular complexity index is 644. The Morgan fingerprint density at radius 3 is 2.83 bits per heavy atom. The molecular weight excluding hydrogens is 312 g/mol. The lowest BCUT2D eigenvalue weighted by atomic mass is 10.0. The predicted octanol–water partition coefficient (Wildman–Crippen LogP) is 2.48. The van der Waals surface area contributed by atoms with Crippen molar-refractivity contribution in [3.8, 4) is 0 Å². The first-order chi connectivity index (χ1) is 11.0. The SMILES string of the molecule is C=C/C=C\C(=C)[C@H](C)CN1CCN(c2cn[nH]c(=O)c2Cl)CC1. The summed E-state index contributed by atoms with van der Waals surface area (Å²) in [5.74, 6) is 0.391. The Labute approximate surface area is 141 Å². The van der Waals surface area contributed by atoms with Crippen molar-refractivity contribution in [1.82, 2.24) is 15.1 Å². The lowest BCUT2D eigenvalue weighted by molar-refractivity contribution is 0.237. The van der Waals surface area contributed by atoms with Crippen molar-refractivity contribution in [3.63, 3.8) is 0 Å². The highest BCUT2D eigenvalue weighted by atomic mass is 35.5. The molecule has 0 amide bonds. The van der Waals surface area contributed by atoms with E-state index in [-0.39, 0.29) is 10.6 Å². The van der Waals surface area contributed by atoms with Crippen LogP contribution in [0.1, 0.15) is 6.92 Å². The van der Waals surface area contributed by atoms with Crippen LogP contribution in [-0.4, -0.2) is 47.8 Å². The Morgan fingerprint density at radius 2 is 2.17 bits per heavy atom. The minimum Gasteiger partial charge on any atom is -0.366 e. The quantitative estimate of drug-likeness (QED) is 0.812. The van der Waals surface area contributed by atoms with E-state index < -0.39 is 0 Å². The lowest BCUT2D eigenvalue weighted by Crippen LogP contribution is -2.48. The summed E-state index contributed by atoms with van der Waals surface area (Å²) in [6.45, 7) is 14.4. The summed E-state index contributed by atoms with van der Waals surface area (Å²) in [5.41, 5.74) is 1.47. The number of H-pyrrole nitrogens is 1. The van der Waals surface area contributed by atoms with Crippen LogP contribution in [-0.2, 0) is 0 Å². The highest BCUT2D eigenvalue weighted by Crippen LogP contribution is 2.22. The average Bonchev–Trinajstić information content (AvgIpc) is 2.56. The molecule has 0 spiro atoms. The fraction of sp³-hybridized carbons (Fsp3) is 0.412. The van der Waals surface area contributed by atoms with Crippen LogP contribution in [0.4, 0.5) is 5.69 Å². The summed E-state index contributed by atoms with van der Waals surface area (Å²) in [4.78, 5) is 16.1. The standard InChI is InChI=1S/C17H23ClN4O/c1-4-5-6-13(2)14(3)12-21-7-9-22(10-8-21)15-11-19-20-17(23)16(15)18/h4-6,11,14H,1-2,7-10,12H2,3H3,(H,20,23)/b6-5-/t14-/m1/s1. The highest BCUT2D eigenvalue weighted by molar-refractivity contribution is 6.32. The van der Waals surface area contributed by atoms with Crippen LogP contribution in [0.2, 0.25) is 5.02 Å². The molecule has 1 aliphatic heterocycles. The molecule has 0 aliphatic carbocycles. The second-order valence-corrected chi connectivity index (χ2v) is 6.13. The molecule has 1 saturated heterocycles. The van der Waals surface area contributed by atoms with E-state index in [1.165, 1.54) is 0 Å². The Morgan fingerprint density at radius 1 is 1.48 bits per heavy atom. The normalized spacial score (nSPS) is 17.4. The van der Waals surface area contributed by atoms with Crippen LogP contribution in [0.25, 0.3) is 0 Å². The fourth-order valence-electron chi connectivity index (χ4n) is 2.63. The summed E-state index contributed by atoms with van der Waals surface area (Å²) >= 11 is 6.07.